The summed E-state index contributed by atoms with van der Waals surface area (Å²) in [5.74, 6) is -0.0346. The molecule has 0 saturated carbocycles. The first-order chi connectivity index (χ1) is 7.74. The minimum atomic E-state index is -0.509. The van der Waals surface area contributed by atoms with Crippen molar-refractivity contribution < 1.29 is 14.0 Å². The molecule has 0 spiro atoms. The van der Waals surface area contributed by atoms with Crippen LogP contribution >= 0.6 is 0 Å². The summed E-state index contributed by atoms with van der Waals surface area (Å²) in [5, 5.41) is 0. The Bertz CT molecular complexity index is 412. The minimum Gasteiger partial charge on any atom is -0.376 e. The van der Waals surface area contributed by atoms with Crippen molar-refractivity contribution >= 4 is 0 Å². The van der Waals surface area contributed by atoms with Gasteiger partial charge in [0.25, 0.3) is 0 Å². The van der Waals surface area contributed by atoms with Gasteiger partial charge in [-0.2, -0.15) is 5.48 Å². The zero-order valence-corrected chi connectivity index (χ0v) is 9.07. The van der Waals surface area contributed by atoms with E-state index in [2.05, 4.69) is 5.48 Å². The molecule has 3 atom stereocenters. The van der Waals surface area contributed by atoms with E-state index in [1.165, 1.54) is 6.07 Å². The zero-order chi connectivity index (χ0) is 11.2. The topological polar surface area (TPSA) is 30.5 Å². The molecule has 2 aliphatic heterocycles. The zero-order valence-electron chi connectivity index (χ0n) is 9.07. The van der Waals surface area contributed by atoms with E-state index in [1.807, 2.05) is 13.0 Å². The number of halogens is 1. The Labute approximate surface area is 93.5 Å². The molecule has 1 N–H and O–H groups in total. The number of rotatable bonds is 1. The Hall–Kier alpha value is -0.970. The molecule has 0 bridgehead atoms. The first kappa shape index (κ1) is 10.2. The van der Waals surface area contributed by atoms with E-state index < -0.39 is 5.54 Å². The van der Waals surface area contributed by atoms with Gasteiger partial charge in [0.2, 0.25) is 0 Å². The second-order valence-electron chi connectivity index (χ2n) is 4.49. The number of fused-ring (bicyclic) bond motifs is 1. The molecular weight excluding hydrogens is 209 g/mol. The normalized spacial score (nSPS) is 37.6. The SMILES string of the molecule is C[C@H]1OC[C@]2(c3ccccc3F)NOCC12. The fraction of sp³-hybridized carbons (Fsp3) is 0.500. The van der Waals surface area contributed by atoms with Crippen molar-refractivity contribution in [2.24, 2.45) is 5.92 Å². The van der Waals surface area contributed by atoms with Gasteiger partial charge in [-0.3, -0.25) is 0 Å². The molecule has 0 amide bonds. The van der Waals surface area contributed by atoms with Crippen LogP contribution in [-0.2, 0) is 15.1 Å². The van der Waals surface area contributed by atoms with Gasteiger partial charge in [0, 0.05) is 11.5 Å². The summed E-state index contributed by atoms with van der Waals surface area (Å²) < 4.78 is 19.5. The lowest BCUT2D eigenvalue weighted by Gasteiger charge is -2.27. The van der Waals surface area contributed by atoms with Crippen LogP contribution in [0.2, 0.25) is 0 Å². The molecule has 2 fully saturated rings. The monoisotopic (exact) mass is 223 g/mol. The molecule has 3 nitrogen and oxygen atoms in total. The maximum absolute atomic E-state index is 13.9. The van der Waals surface area contributed by atoms with Gasteiger partial charge < -0.3 is 9.57 Å². The average molecular weight is 223 g/mol. The molecule has 86 valence electrons. The van der Waals surface area contributed by atoms with E-state index in [9.17, 15) is 4.39 Å². The van der Waals surface area contributed by atoms with E-state index in [4.69, 9.17) is 9.57 Å². The summed E-state index contributed by atoms with van der Waals surface area (Å²) in [6.07, 6.45) is 0.0922. The largest absolute Gasteiger partial charge is 0.376 e. The third kappa shape index (κ3) is 1.24. The summed E-state index contributed by atoms with van der Waals surface area (Å²) >= 11 is 0. The molecule has 4 heteroatoms. The summed E-state index contributed by atoms with van der Waals surface area (Å²) in [6, 6.07) is 6.81. The van der Waals surface area contributed by atoms with Gasteiger partial charge >= 0.3 is 0 Å². The number of hydroxylamine groups is 1. The summed E-state index contributed by atoms with van der Waals surface area (Å²) in [5.41, 5.74) is 3.09. The van der Waals surface area contributed by atoms with Gasteiger partial charge in [-0.05, 0) is 13.0 Å². The van der Waals surface area contributed by atoms with Crippen molar-refractivity contribution in [3.63, 3.8) is 0 Å². The molecule has 0 aromatic heterocycles. The highest BCUT2D eigenvalue weighted by molar-refractivity contribution is 5.30. The van der Waals surface area contributed by atoms with Crippen LogP contribution in [0.5, 0.6) is 0 Å². The Morgan fingerprint density at radius 1 is 1.44 bits per heavy atom. The van der Waals surface area contributed by atoms with Crippen LogP contribution in [0.1, 0.15) is 12.5 Å². The van der Waals surface area contributed by atoms with Gasteiger partial charge in [0.1, 0.15) is 11.4 Å². The molecule has 0 radical (unpaired) electrons. The van der Waals surface area contributed by atoms with Crippen molar-refractivity contribution in [2.45, 2.75) is 18.6 Å². The summed E-state index contributed by atoms with van der Waals surface area (Å²) in [4.78, 5) is 5.30. The van der Waals surface area contributed by atoms with Crippen LogP contribution in [0.3, 0.4) is 0 Å². The van der Waals surface area contributed by atoms with Gasteiger partial charge in [-0.1, -0.05) is 18.2 Å². The summed E-state index contributed by atoms with van der Waals surface area (Å²) in [6.45, 7) is 3.03. The van der Waals surface area contributed by atoms with E-state index in [1.54, 1.807) is 12.1 Å². The van der Waals surface area contributed by atoms with Crippen molar-refractivity contribution in [1.82, 2.24) is 5.48 Å². The molecule has 2 aliphatic rings. The number of hydrogen-bond donors (Lipinski definition) is 1. The predicted molar refractivity (Wildman–Crippen MR) is 56.1 cm³/mol. The van der Waals surface area contributed by atoms with Crippen molar-refractivity contribution in [3.8, 4) is 0 Å². The molecule has 2 heterocycles. The predicted octanol–water partition coefficient (Wildman–Crippen LogP) is 1.59. The Morgan fingerprint density at radius 2 is 2.25 bits per heavy atom. The molecule has 1 aromatic carbocycles. The molecule has 3 rings (SSSR count). The van der Waals surface area contributed by atoms with Crippen LogP contribution in [0.15, 0.2) is 24.3 Å². The lowest BCUT2D eigenvalue weighted by molar-refractivity contribution is 0.00705. The number of benzene rings is 1. The lowest BCUT2D eigenvalue weighted by Crippen LogP contribution is -2.43. The average Bonchev–Trinajstić information content (AvgIpc) is 2.82. The van der Waals surface area contributed by atoms with Crippen LogP contribution in [0.25, 0.3) is 0 Å². The molecule has 1 unspecified atom stereocenters. The maximum Gasteiger partial charge on any atom is 0.128 e. The number of hydrogen-bond acceptors (Lipinski definition) is 3. The van der Waals surface area contributed by atoms with E-state index in [0.717, 1.165) is 0 Å². The van der Waals surface area contributed by atoms with Crippen molar-refractivity contribution in [3.05, 3.63) is 35.6 Å². The number of ether oxygens (including phenoxy) is 1. The van der Waals surface area contributed by atoms with Crippen molar-refractivity contribution in [1.29, 1.82) is 0 Å². The van der Waals surface area contributed by atoms with Gasteiger partial charge in [0.05, 0.1) is 19.3 Å². The van der Waals surface area contributed by atoms with Gasteiger partial charge in [-0.15, -0.1) is 0 Å². The highest BCUT2D eigenvalue weighted by atomic mass is 19.1. The highest BCUT2D eigenvalue weighted by Crippen LogP contribution is 2.43. The smallest absolute Gasteiger partial charge is 0.128 e. The molecule has 2 saturated heterocycles. The summed E-state index contributed by atoms with van der Waals surface area (Å²) in [7, 11) is 0. The minimum absolute atomic E-state index is 0.0922. The second-order valence-corrected chi connectivity index (χ2v) is 4.49. The van der Waals surface area contributed by atoms with Crippen LogP contribution < -0.4 is 5.48 Å². The van der Waals surface area contributed by atoms with E-state index >= 15 is 0 Å². The quantitative estimate of drug-likeness (QED) is 0.784. The molecule has 0 aliphatic carbocycles. The van der Waals surface area contributed by atoms with Crippen LogP contribution in [0, 0.1) is 11.7 Å². The van der Waals surface area contributed by atoms with E-state index in [0.29, 0.717) is 18.8 Å². The third-order valence-corrected chi connectivity index (χ3v) is 3.65. The van der Waals surface area contributed by atoms with Crippen molar-refractivity contribution in [2.75, 3.05) is 13.2 Å². The first-order valence-electron chi connectivity index (χ1n) is 5.49. The highest BCUT2D eigenvalue weighted by Gasteiger charge is 2.54. The molecule has 16 heavy (non-hydrogen) atoms. The van der Waals surface area contributed by atoms with Gasteiger partial charge in [0.15, 0.2) is 0 Å². The molecule has 1 aromatic rings. The Kier molecular flexibility index (Phi) is 2.24. The maximum atomic E-state index is 13.9. The Balaban J connectivity index is 2.08. The fourth-order valence-corrected chi connectivity index (χ4v) is 2.69. The standard InChI is InChI=1S/C12H14FNO2/c1-8-10-6-16-14-12(10,7-15-8)9-4-2-3-5-11(9)13/h2-5,8,10,14H,6-7H2,1H3/t8-,10?,12-/m1/s1. The molecular formula is C12H14FNO2. The Morgan fingerprint density at radius 3 is 3.06 bits per heavy atom. The van der Waals surface area contributed by atoms with E-state index in [-0.39, 0.29) is 17.8 Å². The van der Waals surface area contributed by atoms with Crippen LogP contribution in [0.4, 0.5) is 4.39 Å². The third-order valence-electron chi connectivity index (χ3n) is 3.65. The van der Waals surface area contributed by atoms with Crippen LogP contribution in [-0.4, -0.2) is 19.3 Å². The first-order valence-corrected chi connectivity index (χ1v) is 5.49. The fourth-order valence-electron chi connectivity index (χ4n) is 2.69. The number of nitrogens with one attached hydrogen (secondary N) is 1. The van der Waals surface area contributed by atoms with Gasteiger partial charge in [-0.25, -0.2) is 4.39 Å². The second kappa shape index (κ2) is 3.52. The lowest BCUT2D eigenvalue weighted by atomic mass is 9.80.